The molecule has 0 saturated carbocycles. The first-order chi connectivity index (χ1) is 5.24. The average Bonchev–Trinajstić information content (AvgIpc) is 2.06. The van der Waals surface area contributed by atoms with Crippen LogP contribution in [0.5, 0.6) is 0 Å². The molecule has 0 heterocycles. The van der Waals surface area contributed by atoms with Gasteiger partial charge in [0.2, 0.25) is 0 Å². The smallest absolute Gasteiger partial charge is 0.0922 e. The van der Waals surface area contributed by atoms with Gasteiger partial charge in [-0.05, 0) is 18.3 Å². The van der Waals surface area contributed by atoms with Gasteiger partial charge in [0.25, 0.3) is 0 Å². The van der Waals surface area contributed by atoms with Crippen LogP contribution in [0, 0.1) is 11.8 Å². The highest BCUT2D eigenvalue weighted by Gasteiger charge is 2.07. The molecule has 2 unspecified atom stereocenters. The molecule has 0 aliphatic rings. The molecular formula is C10H21F. The first-order valence-corrected chi connectivity index (χ1v) is 4.80. The van der Waals surface area contributed by atoms with Crippen LogP contribution in [0.25, 0.3) is 0 Å². The summed E-state index contributed by atoms with van der Waals surface area (Å²) in [4.78, 5) is 0. The fourth-order valence-corrected chi connectivity index (χ4v) is 1.11. The van der Waals surface area contributed by atoms with E-state index in [0.717, 1.165) is 18.8 Å². The van der Waals surface area contributed by atoms with Crippen LogP contribution in [0.1, 0.15) is 46.5 Å². The second-order valence-electron chi connectivity index (χ2n) is 3.52. The summed E-state index contributed by atoms with van der Waals surface area (Å²) in [5.41, 5.74) is 0. The fourth-order valence-electron chi connectivity index (χ4n) is 1.11. The van der Waals surface area contributed by atoms with Gasteiger partial charge in [-0.3, -0.25) is 4.39 Å². The van der Waals surface area contributed by atoms with Gasteiger partial charge in [0.05, 0.1) is 6.67 Å². The third-order valence-corrected chi connectivity index (χ3v) is 2.56. The Morgan fingerprint density at radius 3 is 2.09 bits per heavy atom. The Kier molecular flexibility index (Phi) is 6.59. The maximum atomic E-state index is 12.2. The molecule has 0 aliphatic heterocycles. The molecule has 0 aromatic carbocycles. The number of hydrogen-bond acceptors (Lipinski definition) is 0. The van der Waals surface area contributed by atoms with E-state index in [-0.39, 0.29) is 6.67 Å². The highest BCUT2D eigenvalue weighted by atomic mass is 19.1. The minimum atomic E-state index is -0.132. The average molecular weight is 160 g/mol. The van der Waals surface area contributed by atoms with E-state index >= 15 is 0 Å². The molecular weight excluding hydrogens is 139 g/mol. The Balaban J connectivity index is 3.34. The van der Waals surface area contributed by atoms with E-state index in [0.29, 0.717) is 5.92 Å². The van der Waals surface area contributed by atoms with Crippen molar-refractivity contribution in [2.45, 2.75) is 46.5 Å². The molecule has 0 aliphatic carbocycles. The van der Waals surface area contributed by atoms with E-state index in [1.54, 1.807) is 0 Å². The third kappa shape index (κ3) is 5.23. The van der Waals surface area contributed by atoms with Crippen molar-refractivity contribution in [1.82, 2.24) is 0 Å². The van der Waals surface area contributed by atoms with Gasteiger partial charge in [0.15, 0.2) is 0 Å². The summed E-state index contributed by atoms with van der Waals surface area (Å²) in [6.07, 6.45) is 4.48. The first-order valence-electron chi connectivity index (χ1n) is 4.80. The van der Waals surface area contributed by atoms with E-state index in [9.17, 15) is 4.39 Å². The molecule has 0 rings (SSSR count). The molecule has 0 aromatic heterocycles. The van der Waals surface area contributed by atoms with Crippen LogP contribution in [-0.4, -0.2) is 6.67 Å². The zero-order valence-corrected chi connectivity index (χ0v) is 8.07. The van der Waals surface area contributed by atoms with Gasteiger partial charge < -0.3 is 0 Å². The van der Waals surface area contributed by atoms with Gasteiger partial charge in [-0.25, -0.2) is 0 Å². The quantitative estimate of drug-likeness (QED) is 0.554. The Labute approximate surface area is 70.2 Å². The molecule has 11 heavy (non-hydrogen) atoms. The Hall–Kier alpha value is -0.0700. The number of hydrogen-bond donors (Lipinski definition) is 0. The van der Waals surface area contributed by atoms with E-state index in [1.807, 2.05) is 0 Å². The standard InChI is InChI=1S/C10H21F/c1-4-9(3)6-7-10(5-2)8-11/h9-10H,4-8H2,1-3H3. The van der Waals surface area contributed by atoms with Crippen molar-refractivity contribution < 1.29 is 4.39 Å². The van der Waals surface area contributed by atoms with Crippen molar-refractivity contribution in [3.63, 3.8) is 0 Å². The van der Waals surface area contributed by atoms with Crippen molar-refractivity contribution in [2.24, 2.45) is 11.8 Å². The van der Waals surface area contributed by atoms with Crippen LogP contribution in [-0.2, 0) is 0 Å². The molecule has 0 fully saturated rings. The van der Waals surface area contributed by atoms with Crippen LogP contribution in [0.4, 0.5) is 4.39 Å². The first kappa shape index (κ1) is 10.9. The Bertz CT molecular complexity index is 76.9. The summed E-state index contributed by atoms with van der Waals surface area (Å²) < 4.78 is 12.2. The molecule has 1 heteroatoms. The van der Waals surface area contributed by atoms with Gasteiger partial charge in [-0.2, -0.15) is 0 Å². The highest BCUT2D eigenvalue weighted by molar-refractivity contribution is 4.58. The molecule has 0 nitrogen and oxygen atoms in total. The molecule has 0 bridgehead atoms. The maximum absolute atomic E-state index is 12.2. The normalized spacial score (nSPS) is 16.4. The van der Waals surface area contributed by atoms with Gasteiger partial charge in [-0.15, -0.1) is 0 Å². The summed E-state index contributed by atoms with van der Waals surface area (Å²) >= 11 is 0. The topological polar surface area (TPSA) is 0 Å². The Morgan fingerprint density at radius 2 is 1.73 bits per heavy atom. The van der Waals surface area contributed by atoms with E-state index in [1.165, 1.54) is 12.8 Å². The predicted molar refractivity (Wildman–Crippen MR) is 48.4 cm³/mol. The van der Waals surface area contributed by atoms with Crippen LogP contribution < -0.4 is 0 Å². The van der Waals surface area contributed by atoms with Crippen LogP contribution in [0.15, 0.2) is 0 Å². The summed E-state index contributed by atoms with van der Waals surface area (Å²) in [5, 5.41) is 0. The molecule has 0 amide bonds. The second-order valence-corrected chi connectivity index (χ2v) is 3.52. The van der Waals surface area contributed by atoms with Crippen molar-refractivity contribution in [1.29, 1.82) is 0 Å². The molecule has 68 valence electrons. The summed E-state index contributed by atoms with van der Waals surface area (Å²) in [6, 6.07) is 0. The minimum Gasteiger partial charge on any atom is -0.251 e. The summed E-state index contributed by atoms with van der Waals surface area (Å²) in [5.74, 6) is 1.10. The lowest BCUT2D eigenvalue weighted by Gasteiger charge is -2.13. The maximum Gasteiger partial charge on any atom is 0.0922 e. The SMILES string of the molecule is CCC(C)CCC(CC)CF. The molecule has 0 spiro atoms. The zero-order valence-electron chi connectivity index (χ0n) is 8.07. The lowest BCUT2D eigenvalue weighted by molar-refractivity contribution is 0.310. The molecule has 2 atom stereocenters. The number of alkyl halides is 1. The fraction of sp³-hybridized carbons (Fsp3) is 1.00. The number of halogens is 1. The summed E-state index contributed by atoms with van der Waals surface area (Å²) in [7, 11) is 0. The van der Waals surface area contributed by atoms with E-state index < -0.39 is 0 Å². The van der Waals surface area contributed by atoms with Gasteiger partial charge in [0.1, 0.15) is 0 Å². The molecule has 0 aromatic rings. The van der Waals surface area contributed by atoms with Crippen LogP contribution in [0.2, 0.25) is 0 Å². The minimum absolute atomic E-state index is 0.132. The monoisotopic (exact) mass is 160 g/mol. The second kappa shape index (κ2) is 6.63. The van der Waals surface area contributed by atoms with E-state index in [2.05, 4.69) is 20.8 Å². The Morgan fingerprint density at radius 1 is 1.09 bits per heavy atom. The summed E-state index contributed by atoms with van der Waals surface area (Å²) in [6.45, 7) is 6.37. The molecule has 0 radical (unpaired) electrons. The van der Waals surface area contributed by atoms with Gasteiger partial charge >= 0.3 is 0 Å². The zero-order chi connectivity index (χ0) is 8.69. The lowest BCUT2D eigenvalue weighted by Crippen LogP contribution is -2.03. The van der Waals surface area contributed by atoms with Crippen molar-refractivity contribution >= 4 is 0 Å². The van der Waals surface area contributed by atoms with Crippen molar-refractivity contribution in [3.8, 4) is 0 Å². The van der Waals surface area contributed by atoms with Gasteiger partial charge in [0, 0.05) is 0 Å². The van der Waals surface area contributed by atoms with Gasteiger partial charge in [-0.1, -0.05) is 40.0 Å². The predicted octanol–water partition coefficient (Wildman–Crippen LogP) is 3.81. The molecule has 0 N–H and O–H groups in total. The van der Waals surface area contributed by atoms with Crippen molar-refractivity contribution in [3.05, 3.63) is 0 Å². The van der Waals surface area contributed by atoms with Crippen LogP contribution >= 0.6 is 0 Å². The van der Waals surface area contributed by atoms with Crippen molar-refractivity contribution in [2.75, 3.05) is 6.67 Å². The highest BCUT2D eigenvalue weighted by Crippen LogP contribution is 2.17. The molecule has 0 saturated heterocycles. The lowest BCUT2D eigenvalue weighted by atomic mass is 9.95. The van der Waals surface area contributed by atoms with Crippen LogP contribution in [0.3, 0.4) is 0 Å². The number of rotatable bonds is 6. The van der Waals surface area contributed by atoms with E-state index in [4.69, 9.17) is 0 Å². The third-order valence-electron chi connectivity index (χ3n) is 2.56. The largest absolute Gasteiger partial charge is 0.251 e.